The van der Waals surface area contributed by atoms with Crippen molar-refractivity contribution in [1.82, 2.24) is 14.9 Å². The number of hydrogen-bond donors (Lipinski definition) is 1. The monoisotopic (exact) mass is 301 g/mol. The van der Waals surface area contributed by atoms with E-state index in [1.54, 1.807) is 6.92 Å². The predicted octanol–water partition coefficient (Wildman–Crippen LogP) is 2.99. The van der Waals surface area contributed by atoms with Gasteiger partial charge in [-0.1, -0.05) is 0 Å². The summed E-state index contributed by atoms with van der Waals surface area (Å²) in [6.45, 7) is 2.15. The molecular formula is C14H15F4N3. The molecule has 3 nitrogen and oxygen atoms in total. The third-order valence-electron chi connectivity index (χ3n) is 4.15. The van der Waals surface area contributed by atoms with Crippen molar-refractivity contribution < 1.29 is 17.6 Å². The van der Waals surface area contributed by atoms with Gasteiger partial charge in [-0.2, -0.15) is 13.2 Å². The lowest BCUT2D eigenvalue weighted by molar-refractivity contribution is -0.187. The summed E-state index contributed by atoms with van der Waals surface area (Å²) in [6.07, 6.45) is -4.45. The Morgan fingerprint density at radius 1 is 1.38 bits per heavy atom. The number of rotatable bonds is 2. The van der Waals surface area contributed by atoms with Crippen molar-refractivity contribution in [2.24, 2.45) is 0 Å². The van der Waals surface area contributed by atoms with Gasteiger partial charge in [0.25, 0.3) is 0 Å². The van der Waals surface area contributed by atoms with E-state index in [1.807, 2.05) is 0 Å². The van der Waals surface area contributed by atoms with E-state index < -0.39 is 17.4 Å². The third-order valence-corrected chi connectivity index (χ3v) is 4.15. The molecule has 1 aliphatic heterocycles. The molecule has 2 aromatic rings. The Hall–Kier alpha value is -1.63. The molecule has 2 heterocycles. The molecule has 1 unspecified atom stereocenters. The average Bonchev–Trinajstić information content (AvgIpc) is 3.01. The Balaban J connectivity index is 2.28. The summed E-state index contributed by atoms with van der Waals surface area (Å²) in [7, 11) is 0. The number of nitrogens with zero attached hydrogens (tertiary/aromatic N) is 2. The molecule has 1 saturated heterocycles. The first-order valence-corrected chi connectivity index (χ1v) is 6.83. The van der Waals surface area contributed by atoms with Gasteiger partial charge in [-0.25, -0.2) is 9.37 Å². The predicted molar refractivity (Wildman–Crippen MR) is 70.6 cm³/mol. The van der Waals surface area contributed by atoms with Crippen LogP contribution in [0.15, 0.2) is 18.2 Å². The fraction of sp³-hybridized carbons (Fsp3) is 0.500. The topological polar surface area (TPSA) is 29.9 Å². The van der Waals surface area contributed by atoms with E-state index in [1.165, 1.54) is 22.8 Å². The minimum atomic E-state index is -4.40. The summed E-state index contributed by atoms with van der Waals surface area (Å²) in [5.41, 5.74) is -1.20. The largest absolute Gasteiger partial charge is 0.402 e. The van der Waals surface area contributed by atoms with E-state index in [-0.39, 0.29) is 18.8 Å². The third kappa shape index (κ3) is 2.02. The normalized spacial score (nSPS) is 23.1. The van der Waals surface area contributed by atoms with Crippen molar-refractivity contribution in [3.05, 3.63) is 29.8 Å². The molecule has 21 heavy (non-hydrogen) atoms. The van der Waals surface area contributed by atoms with Crippen LogP contribution in [-0.2, 0) is 12.0 Å². The maximum atomic E-state index is 13.7. The second-order valence-electron chi connectivity index (χ2n) is 5.32. The number of alkyl halides is 3. The second-order valence-corrected chi connectivity index (χ2v) is 5.32. The Morgan fingerprint density at radius 2 is 2.14 bits per heavy atom. The van der Waals surface area contributed by atoms with Crippen molar-refractivity contribution >= 4 is 11.0 Å². The smallest absolute Gasteiger partial charge is 0.327 e. The van der Waals surface area contributed by atoms with Gasteiger partial charge in [0.2, 0.25) is 0 Å². The highest BCUT2D eigenvalue weighted by atomic mass is 19.4. The summed E-state index contributed by atoms with van der Waals surface area (Å²) in [5, 5.41) is 2.78. The van der Waals surface area contributed by atoms with Crippen LogP contribution in [0, 0.1) is 5.82 Å². The van der Waals surface area contributed by atoms with Crippen LogP contribution in [0.4, 0.5) is 17.6 Å². The van der Waals surface area contributed by atoms with E-state index in [0.717, 1.165) is 0 Å². The number of aryl methyl sites for hydroxylation is 1. The van der Waals surface area contributed by atoms with Crippen LogP contribution in [0.5, 0.6) is 0 Å². The lowest BCUT2D eigenvalue weighted by Gasteiger charge is -2.30. The van der Waals surface area contributed by atoms with Crippen molar-refractivity contribution in [3.63, 3.8) is 0 Å². The Kier molecular flexibility index (Phi) is 3.20. The number of hydrogen-bond acceptors (Lipinski definition) is 2. The summed E-state index contributed by atoms with van der Waals surface area (Å²) < 4.78 is 55.8. The fourth-order valence-electron chi connectivity index (χ4n) is 3.03. The summed E-state index contributed by atoms with van der Waals surface area (Å²) in [4.78, 5) is 4.18. The number of nitrogens with one attached hydrogen (secondary N) is 1. The Morgan fingerprint density at radius 3 is 2.71 bits per heavy atom. The van der Waals surface area contributed by atoms with Gasteiger partial charge in [-0.05, 0) is 38.1 Å². The zero-order chi connectivity index (χ0) is 15.3. The number of aromatic nitrogens is 2. The molecule has 7 heteroatoms. The van der Waals surface area contributed by atoms with Crippen molar-refractivity contribution in [1.29, 1.82) is 0 Å². The summed E-state index contributed by atoms with van der Waals surface area (Å²) in [6, 6.07) is 3.88. The molecule has 0 bridgehead atoms. The van der Waals surface area contributed by atoms with Crippen LogP contribution in [0.3, 0.4) is 0 Å². The van der Waals surface area contributed by atoms with E-state index in [9.17, 15) is 17.6 Å². The van der Waals surface area contributed by atoms with E-state index >= 15 is 0 Å². The molecule has 0 saturated carbocycles. The molecule has 1 N–H and O–H groups in total. The first kappa shape index (κ1) is 14.3. The second kappa shape index (κ2) is 4.69. The van der Waals surface area contributed by atoms with Crippen LogP contribution in [0.25, 0.3) is 11.0 Å². The van der Waals surface area contributed by atoms with Crippen LogP contribution in [0.2, 0.25) is 0 Å². The van der Waals surface area contributed by atoms with Gasteiger partial charge in [0.05, 0.1) is 11.0 Å². The number of benzene rings is 1. The number of imidazole rings is 1. The van der Waals surface area contributed by atoms with Crippen LogP contribution >= 0.6 is 0 Å². The molecule has 0 aliphatic carbocycles. The maximum Gasteiger partial charge on any atom is 0.402 e. The molecule has 3 rings (SSSR count). The first-order chi connectivity index (χ1) is 9.89. The minimum Gasteiger partial charge on any atom is -0.327 e. The first-order valence-electron chi connectivity index (χ1n) is 6.83. The van der Waals surface area contributed by atoms with Crippen molar-refractivity contribution in [2.75, 3.05) is 13.1 Å². The molecule has 1 aliphatic rings. The minimum absolute atomic E-state index is 0.0249. The summed E-state index contributed by atoms with van der Waals surface area (Å²) in [5.74, 6) is -0.502. The van der Waals surface area contributed by atoms with E-state index in [0.29, 0.717) is 24.1 Å². The van der Waals surface area contributed by atoms with Crippen molar-refractivity contribution in [3.8, 4) is 0 Å². The molecule has 1 aromatic heterocycles. The molecule has 1 atom stereocenters. The van der Waals surface area contributed by atoms with Crippen molar-refractivity contribution in [2.45, 2.75) is 31.5 Å². The van der Waals surface area contributed by atoms with Crippen LogP contribution in [-0.4, -0.2) is 28.8 Å². The van der Waals surface area contributed by atoms with Gasteiger partial charge in [0, 0.05) is 13.1 Å². The van der Waals surface area contributed by atoms with Gasteiger partial charge in [-0.15, -0.1) is 0 Å². The SMILES string of the molecule is CCn1c(C2(C(F)(F)F)CCNC2)nc2ccc(F)cc21. The van der Waals surface area contributed by atoms with Crippen LogP contribution in [0.1, 0.15) is 19.2 Å². The molecule has 1 fully saturated rings. The molecular weight excluding hydrogens is 286 g/mol. The van der Waals surface area contributed by atoms with Gasteiger partial charge in [0.15, 0.2) is 0 Å². The zero-order valence-corrected chi connectivity index (χ0v) is 11.5. The Bertz CT molecular complexity index is 669. The highest BCUT2D eigenvalue weighted by Gasteiger charge is 2.59. The maximum absolute atomic E-state index is 13.7. The lowest BCUT2D eigenvalue weighted by Crippen LogP contribution is -2.46. The standard InChI is InChI=1S/C14H15F4N3/c1-2-21-11-7-9(15)3-4-10(11)20-12(21)13(14(16,17)18)5-6-19-8-13/h3-4,7,19H,2,5-6,8H2,1H3. The van der Waals surface area contributed by atoms with Gasteiger partial charge < -0.3 is 9.88 Å². The van der Waals surface area contributed by atoms with Gasteiger partial charge in [-0.3, -0.25) is 0 Å². The van der Waals surface area contributed by atoms with Gasteiger partial charge in [0.1, 0.15) is 17.1 Å². The molecule has 0 radical (unpaired) electrons. The highest BCUT2D eigenvalue weighted by molar-refractivity contribution is 5.76. The molecule has 0 spiro atoms. The Labute approximate surface area is 119 Å². The van der Waals surface area contributed by atoms with E-state index in [4.69, 9.17) is 0 Å². The number of fused-ring (bicyclic) bond motifs is 1. The van der Waals surface area contributed by atoms with E-state index in [2.05, 4.69) is 10.3 Å². The highest BCUT2D eigenvalue weighted by Crippen LogP contribution is 2.45. The lowest BCUT2D eigenvalue weighted by atomic mass is 9.85. The fourth-order valence-corrected chi connectivity index (χ4v) is 3.03. The summed E-state index contributed by atoms with van der Waals surface area (Å²) >= 11 is 0. The molecule has 0 amide bonds. The van der Waals surface area contributed by atoms with Gasteiger partial charge >= 0.3 is 6.18 Å². The van der Waals surface area contributed by atoms with Crippen LogP contribution < -0.4 is 5.32 Å². The molecule has 1 aromatic carbocycles. The molecule has 114 valence electrons. The number of halogens is 4. The quantitative estimate of drug-likeness (QED) is 0.864. The zero-order valence-electron chi connectivity index (χ0n) is 11.5. The average molecular weight is 301 g/mol.